The average molecular weight is 407 g/mol. The van der Waals surface area contributed by atoms with Gasteiger partial charge in [-0.1, -0.05) is 30.3 Å². The third-order valence-electron chi connectivity index (χ3n) is 5.89. The summed E-state index contributed by atoms with van der Waals surface area (Å²) >= 11 is 1.81. The van der Waals surface area contributed by atoms with Gasteiger partial charge in [0.2, 0.25) is 5.95 Å². The van der Waals surface area contributed by atoms with Crippen molar-refractivity contribution >= 4 is 23.2 Å². The quantitative estimate of drug-likeness (QED) is 0.705. The van der Waals surface area contributed by atoms with E-state index in [1.54, 1.807) is 6.20 Å². The molecule has 1 amide bonds. The fourth-order valence-corrected chi connectivity index (χ4v) is 5.33. The Kier molecular flexibility index (Phi) is 4.56. The molecule has 0 radical (unpaired) electrons. The number of nitrogens with zero attached hydrogens (tertiary/aromatic N) is 3. The minimum Gasteiger partial charge on any atom is -0.370 e. The van der Waals surface area contributed by atoms with E-state index in [-0.39, 0.29) is 17.5 Å². The lowest BCUT2D eigenvalue weighted by atomic mass is 9.82. The molecule has 2 aliphatic rings. The van der Waals surface area contributed by atoms with E-state index in [9.17, 15) is 4.79 Å². The van der Waals surface area contributed by atoms with Crippen LogP contribution < -0.4 is 5.73 Å². The van der Waals surface area contributed by atoms with E-state index in [4.69, 9.17) is 10.5 Å². The molecule has 29 heavy (non-hydrogen) atoms. The molecule has 3 aromatic rings. The lowest BCUT2D eigenvalue weighted by molar-refractivity contribution is -0.0926. The summed E-state index contributed by atoms with van der Waals surface area (Å²) in [7, 11) is 0. The molecule has 1 saturated heterocycles. The number of nitrogens with two attached hydrogens (primary N) is 1. The Morgan fingerprint density at radius 1 is 1.17 bits per heavy atom. The van der Waals surface area contributed by atoms with Crippen LogP contribution in [0.4, 0.5) is 5.95 Å². The molecule has 1 aromatic carbocycles. The van der Waals surface area contributed by atoms with Gasteiger partial charge in [0, 0.05) is 36.1 Å². The minimum atomic E-state index is -0.246. The van der Waals surface area contributed by atoms with Crippen LogP contribution >= 0.6 is 11.3 Å². The summed E-state index contributed by atoms with van der Waals surface area (Å²) in [5.41, 5.74) is 8.81. The molecule has 6 nitrogen and oxygen atoms in total. The molecular weight excluding hydrogens is 384 g/mol. The normalized spacial score (nSPS) is 17.9. The van der Waals surface area contributed by atoms with Crippen molar-refractivity contribution in [2.24, 2.45) is 0 Å². The highest BCUT2D eigenvalue weighted by molar-refractivity contribution is 7.10. The fourth-order valence-electron chi connectivity index (χ4n) is 4.38. The second kappa shape index (κ2) is 7.24. The average Bonchev–Trinajstić information content (AvgIpc) is 3.25. The standard InChI is InChI=1S/C22H22N4O2S/c23-21-24-14-16(19(25-21)15-4-2-1-3-5-15)20(27)26-10-8-22(9-11-26)17-7-13-29-18(17)6-12-28-22/h1-5,7,13-14H,6,8-12H2,(H2,23,24,25). The van der Waals surface area contributed by atoms with Crippen molar-refractivity contribution in [3.8, 4) is 11.3 Å². The van der Waals surface area contributed by atoms with Gasteiger partial charge in [-0.2, -0.15) is 0 Å². The summed E-state index contributed by atoms with van der Waals surface area (Å²) in [6, 6.07) is 11.8. The van der Waals surface area contributed by atoms with Crippen molar-refractivity contribution in [1.82, 2.24) is 14.9 Å². The van der Waals surface area contributed by atoms with Crippen LogP contribution in [0, 0.1) is 0 Å². The number of likely N-dealkylation sites (tertiary alicyclic amines) is 1. The second-order valence-corrected chi connectivity index (χ2v) is 8.50. The van der Waals surface area contributed by atoms with Gasteiger partial charge in [0.1, 0.15) is 0 Å². The first-order chi connectivity index (χ1) is 14.2. The number of benzene rings is 1. The summed E-state index contributed by atoms with van der Waals surface area (Å²) < 4.78 is 6.26. The lowest BCUT2D eigenvalue weighted by Crippen LogP contribution is -2.48. The van der Waals surface area contributed by atoms with E-state index < -0.39 is 0 Å². The molecule has 0 unspecified atom stereocenters. The minimum absolute atomic E-state index is 0.0555. The van der Waals surface area contributed by atoms with Crippen LogP contribution in [-0.4, -0.2) is 40.5 Å². The molecular formula is C22H22N4O2S. The smallest absolute Gasteiger partial charge is 0.257 e. The van der Waals surface area contributed by atoms with Crippen molar-refractivity contribution in [1.29, 1.82) is 0 Å². The maximum absolute atomic E-state index is 13.3. The Hall–Kier alpha value is -2.77. The van der Waals surface area contributed by atoms with Crippen molar-refractivity contribution in [3.63, 3.8) is 0 Å². The van der Waals surface area contributed by atoms with E-state index in [0.29, 0.717) is 24.3 Å². The zero-order chi connectivity index (χ0) is 19.8. The van der Waals surface area contributed by atoms with Gasteiger partial charge in [0.25, 0.3) is 5.91 Å². The molecule has 0 bridgehead atoms. The van der Waals surface area contributed by atoms with Crippen LogP contribution in [0.25, 0.3) is 11.3 Å². The van der Waals surface area contributed by atoms with Gasteiger partial charge in [0.05, 0.1) is 23.5 Å². The van der Waals surface area contributed by atoms with Crippen molar-refractivity contribution in [2.75, 3.05) is 25.4 Å². The number of ether oxygens (including phenoxy) is 1. The Morgan fingerprint density at radius 2 is 1.97 bits per heavy atom. The molecule has 2 N–H and O–H groups in total. The van der Waals surface area contributed by atoms with Crippen LogP contribution in [0.5, 0.6) is 0 Å². The highest BCUT2D eigenvalue weighted by Crippen LogP contribution is 2.43. The Morgan fingerprint density at radius 3 is 2.76 bits per heavy atom. The number of anilines is 1. The Balaban J connectivity index is 1.40. The third-order valence-corrected chi connectivity index (χ3v) is 6.87. The third kappa shape index (κ3) is 3.20. The number of amides is 1. The topological polar surface area (TPSA) is 81.3 Å². The Bertz CT molecular complexity index is 1040. The molecule has 0 atom stereocenters. The van der Waals surface area contributed by atoms with E-state index in [1.807, 2.05) is 46.6 Å². The van der Waals surface area contributed by atoms with E-state index in [0.717, 1.165) is 31.4 Å². The maximum Gasteiger partial charge on any atom is 0.257 e. The number of thiophene rings is 1. The van der Waals surface area contributed by atoms with Gasteiger partial charge >= 0.3 is 0 Å². The molecule has 0 aliphatic carbocycles. The van der Waals surface area contributed by atoms with Crippen LogP contribution in [0.2, 0.25) is 0 Å². The SMILES string of the molecule is Nc1ncc(C(=O)N2CCC3(CC2)OCCc2sccc23)c(-c2ccccc2)n1. The molecule has 2 aliphatic heterocycles. The highest BCUT2D eigenvalue weighted by Gasteiger charge is 2.42. The molecule has 5 rings (SSSR count). The van der Waals surface area contributed by atoms with Gasteiger partial charge in [-0.05, 0) is 29.9 Å². The van der Waals surface area contributed by atoms with Gasteiger partial charge < -0.3 is 15.4 Å². The summed E-state index contributed by atoms with van der Waals surface area (Å²) in [5, 5.41) is 2.15. The van der Waals surface area contributed by atoms with Crippen LogP contribution in [0.3, 0.4) is 0 Å². The first-order valence-electron chi connectivity index (χ1n) is 9.84. The second-order valence-electron chi connectivity index (χ2n) is 7.50. The summed E-state index contributed by atoms with van der Waals surface area (Å²) in [6.07, 6.45) is 4.14. The predicted octanol–water partition coefficient (Wildman–Crippen LogP) is 3.49. The first-order valence-corrected chi connectivity index (χ1v) is 10.7. The molecule has 0 saturated carbocycles. The maximum atomic E-state index is 13.3. The van der Waals surface area contributed by atoms with Crippen LogP contribution in [0.1, 0.15) is 33.6 Å². The first kappa shape index (κ1) is 18.3. The number of fused-ring (bicyclic) bond motifs is 2. The number of piperidine rings is 1. The fraction of sp³-hybridized carbons (Fsp3) is 0.318. The van der Waals surface area contributed by atoms with Crippen LogP contribution in [-0.2, 0) is 16.8 Å². The summed E-state index contributed by atoms with van der Waals surface area (Å²) in [5.74, 6) is 0.110. The highest BCUT2D eigenvalue weighted by atomic mass is 32.1. The van der Waals surface area contributed by atoms with Crippen molar-refractivity contribution in [3.05, 3.63) is 64.0 Å². The number of nitrogen functional groups attached to an aromatic ring is 1. The monoisotopic (exact) mass is 406 g/mol. The number of carbonyl (C=O) groups is 1. The molecule has 148 valence electrons. The number of hydrogen-bond donors (Lipinski definition) is 1. The van der Waals surface area contributed by atoms with Crippen molar-refractivity contribution < 1.29 is 9.53 Å². The largest absolute Gasteiger partial charge is 0.370 e. The number of aromatic nitrogens is 2. The van der Waals surface area contributed by atoms with Crippen molar-refractivity contribution in [2.45, 2.75) is 24.9 Å². The zero-order valence-corrected chi connectivity index (χ0v) is 16.8. The van der Waals surface area contributed by atoms with Gasteiger partial charge in [0.15, 0.2) is 0 Å². The van der Waals surface area contributed by atoms with E-state index in [1.165, 1.54) is 10.4 Å². The van der Waals surface area contributed by atoms with Gasteiger partial charge in [-0.15, -0.1) is 11.3 Å². The zero-order valence-electron chi connectivity index (χ0n) is 16.0. The van der Waals surface area contributed by atoms with Gasteiger partial charge in [-0.3, -0.25) is 4.79 Å². The van der Waals surface area contributed by atoms with E-state index >= 15 is 0 Å². The summed E-state index contributed by atoms with van der Waals surface area (Å²) in [4.78, 5) is 25.1. The number of carbonyl (C=O) groups excluding carboxylic acids is 1. The lowest BCUT2D eigenvalue weighted by Gasteiger charge is -2.44. The summed E-state index contributed by atoms with van der Waals surface area (Å²) in [6.45, 7) is 2.05. The number of hydrogen-bond acceptors (Lipinski definition) is 6. The molecule has 2 aromatic heterocycles. The molecule has 4 heterocycles. The number of rotatable bonds is 2. The van der Waals surface area contributed by atoms with E-state index in [2.05, 4.69) is 21.4 Å². The molecule has 7 heteroatoms. The van der Waals surface area contributed by atoms with Crippen LogP contribution in [0.15, 0.2) is 48.0 Å². The predicted molar refractivity (Wildman–Crippen MR) is 113 cm³/mol. The Labute approximate surface area is 173 Å². The molecule has 1 fully saturated rings. The molecule has 1 spiro atoms. The van der Waals surface area contributed by atoms with Gasteiger partial charge in [-0.25, -0.2) is 9.97 Å².